The van der Waals surface area contributed by atoms with Crippen LogP contribution in [0.1, 0.15) is 22.5 Å². The van der Waals surface area contributed by atoms with Crippen molar-refractivity contribution in [3.63, 3.8) is 0 Å². The lowest BCUT2D eigenvalue weighted by atomic mass is 10.0. The summed E-state index contributed by atoms with van der Waals surface area (Å²) < 4.78 is 45.8. The maximum atomic E-state index is 5.87. The largest absolute Gasteiger partial charge is 0.377 e. The van der Waals surface area contributed by atoms with E-state index in [-0.39, 0.29) is 0 Å². The van der Waals surface area contributed by atoms with Crippen molar-refractivity contribution in [1.29, 1.82) is 0 Å². The fraction of sp³-hybridized carbons (Fsp3) is 0.385. The van der Waals surface area contributed by atoms with Crippen LogP contribution in [0, 0.1) is 0 Å². The van der Waals surface area contributed by atoms with Crippen LogP contribution >= 0.6 is 0 Å². The Morgan fingerprint density at radius 2 is 0.594 bits per heavy atom. The molecular formula is C52H62N4O8. The minimum absolute atomic E-state index is 0.556. The minimum atomic E-state index is 0.556. The van der Waals surface area contributed by atoms with Gasteiger partial charge in [-0.3, -0.25) is 0 Å². The third-order valence-corrected chi connectivity index (χ3v) is 10.7. The molecular weight excluding hydrogens is 809 g/mol. The summed E-state index contributed by atoms with van der Waals surface area (Å²) in [6, 6.07) is 37.7. The summed E-state index contributed by atoms with van der Waals surface area (Å²) in [5, 5.41) is 0. The summed E-state index contributed by atoms with van der Waals surface area (Å²) >= 11 is 0. The first-order valence-corrected chi connectivity index (χ1v) is 22.5. The lowest BCUT2D eigenvalue weighted by Crippen LogP contribution is -2.31. The van der Waals surface area contributed by atoms with Crippen LogP contribution in [-0.2, 0) is 37.9 Å². The summed E-state index contributed by atoms with van der Waals surface area (Å²) in [4.78, 5) is 15.3. The van der Waals surface area contributed by atoms with Gasteiger partial charge in [0.05, 0.1) is 128 Å². The second-order valence-corrected chi connectivity index (χ2v) is 15.1. The van der Waals surface area contributed by atoms with Crippen molar-refractivity contribution < 1.29 is 37.9 Å². The van der Waals surface area contributed by atoms with E-state index in [1.54, 1.807) is 0 Å². The molecule has 12 nitrogen and oxygen atoms in total. The fourth-order valence-corrected chi connectivity index (χ4v) is 7.22. The van der Waals surface area contributed by atoms with Gasteiger partial charge >= 0.3 is 0 Å². The van der Waals surface area contributed by atoms with Gasteiger partial charge in [0.1, 0.15) is 0 Å². The van der Waals surface area contributed by atoms with Crippen molar-refractivity contribution in [3.05, 3.63) is 132 Å². The van der Waals surface area contributed by atoms with Gasteiger partial charge in [0.25, 0.3) is 0 Å². The highest BCUT2D eigenvalue weighted by molar-refractivity contribution is 5.83. The molecule has 2 fully saturated rings. The van der Waals surface area contributed by atoms with Gasteiger partial charge in [-0.25, -0.2) is 9.97 Å². The maximum absolute atomic E-state index is 5.87. The zero-order valence-electron chi connectivity index (χ0n) is 36.9. The molecule has 0 N–H and O–H groups in total. The summed E-state index contributed by atoms with van der Waals surface area (Å²) in [5.74, 6) is 0. The average Bonchev–Trinajstić information content (AvgIpc) is 3.36. The Hall–Kier alpha value is -5.28. The van der Waals surface area contributed by atoms with Crippen LogP contribution < -0.4 is 9.80 Å². The van der Waals surface area contributed by atoms with Crippen molar-refractivity contribution in [2.75, 3.05) is 142 Å². The summed E-state index contributed by atoms with van der Waals surface area (Å²) in [7, 11) is 0. The van der Waals surface area contributed by atoms with E-state index in [1.165, 1.54) is 0 Å². The van der Waals surface area contributed by atoms with Crippen LogP contribution in [0.4, 0.5) is 11.4 Å². The first-order valence-electron chi connectivity index (χ1n) is 22.5. The number of aromatic nitrogens is 2. The highest BCUT2D eigenvalue weighted by Crippen LogP contribution is 2.30. The fourth-order valence-electron chi connectivity index (χ4n) is 7.22. The second kappa shape index (κ2) is 27.1. The number of nitrogens with zero attached hydrogens (tertiary/aromatic N) is 4. The molecule has 3 heterocycles. The Morgan fingerprint density at radius 3 is 0.891 bits per heavy atom. The molecule has 4 aromatic carbocycles. The summed E-state index contributed by atoms with van der Waals surface area (Å²) in [6.45, 7) is 12.1. The minimum Gasteiger partial charge on any atom is -0.377 e. The van der Waals surface area contributed by atoms with Crippen molar-refractivity contribution in [3.8, 4) is 22.5 Å². The van der Waals surface area contributed by atoms with Crippen LogP contribution in [0.5, 0.6) is 0 Å². The Bertz CT molecular complexity index is 1940. The maximum Gasteiger partial charge on any atom is 0.0966 e. The summed E-state index contributed by atoms with van der Waals surface area (Å²) in [5.41, 5.74) is 9.47. The van der Waals surface area contributed by atoms with Crippen molar-refractivity contribution in [2.45, 2.75) is 0 Å². The Labute approximate surface area is 378 Å². The lowest BCUT2D eigenvalue weighted by Gasteiger charge is -2.25. The third kappa shape index (κ3) is 15.5. The van der Waals surface area contributed by atoms with Crippen LogP contribution in [0.3, 0.4) is 0 Å². The second-order valence-electron chi connectivity index (χ2n) is 15.1. The number of hydrogen-bond donors (Lipinski definition) is 0. The van der Waals surface area contributed by atoms with E-state index >= 15 is 0 Å². The number of hydrogen-bond acceptors (Lipinski definition) is 12. The molecule has 0 amide bonds. The van der Waals surface area contributed by atoms with Gasteiger partial charge in [-0.05, 0) is 47.5 Å². The number of anilines is 2. The summed E-state index contributed by atoms with van der Waals surface area (Å²) in [6.07, 6.45) is 8.35. The van der Waals surface area contributed by atoms with E-state index in [0.29, 0.717) is 106 Å². The van der Waals surface area contributed by atoms with Gasteiger partial charge in [-0.1, -0.05) is 97.1 Å². The van der Waals surface area contributed by atoms with Crippen LogP contribution in [0.2, 0.25) is 0 Å². The topological polar surface area (TPSA) is 106 Å². The number of benzene rings is 4. The zero-order valence-corrected chi connectivity index (χ0v) is 36.9. The van der Waals surface area contributed by atoms with E-state index in [2.05, 4.69) is 107 Å². The predicted molar refractivity (Wildman–Crippen MR) is 255 cm³/mol. The Balaban J connectivity index is 1.10. The van der Waals surface area contributed by atoms with E-state index < -0.39 is 0 Å². The van der Waals surface area contributed by atoms with Crippen LogP contribution in [0.15, 0.2) is 109 Å². The van der Waals surface area contributed by atoms with Gasteiger partial charge in [-0.2, -0.15) is 0 Å². The molecule has 12 heteroatoms. The smallest absolute Gasteiger partial charge is 0.0966 e. The van der Waals surface area contributed by atoms with Gasteiger partial charge < -0.3 is 47.7 Å². The highest BCUT2D eigenvalue weighted by Gasteiger charge is 2.15. The van der Waals surface area contributed by atoms with E-state index in [4.69, 9.17) is 47.9 Å². The molecule has 0 radical (unpaired) electrons. The van der Waals surface area contributed by atoms with Crippen LogP contribution in [-0.4, -0.2) is 142 Å². The lowest BCUT2D eigenvalue weighted by molar-refractivity contribution is 0.00206. The Kier molecular flexibility index (Phi) is 19.8. The first kappa shape index (κ1) is 46.7. The molecule has 1 aromatic heterocycles. The molecule has 5 aromatic rings. The molecule has 7 rings (SSSR count). The molecule has 338 valence electrons. The molecule has 2 saturated heterocycles. The Morgan fingerprint density at radius 1 is 0.312 bits per heavy atom. The van der Waals surface area contributed by atoms with Crippen LogP contribution in [0.25, 0.3) is 46.8 Å². The molecule has 0 spiro atoms. The van der Waals surface area contributed by atoms with Gasteiger partial charge in [0.15, 0.2) is 0 Å². The van der Waals surface area contributed by atoms with Crippen molar-refractivity contribution in [2.24, 2.45) is 0 Å². The molecule has 2 aliphatic heterocycles. The average molecular weight is 871 g/mol. The number of ether oxygens (including phenoxy) is 8. The number of rotatable bonds is 8. The highest BCUT2D eigenvalue weighted by atomic mass is 16.6. The van der Waals surface area contributed by atoms with E-state index in [0.717, 1.165) is 82.6 Å². The molecule has 0 bridgehead atoms. The zero-order chi connectivity index (χ0) is 43.7. The molecule has 0 unspecified atom stereocenters. The van der Waals surface area contributed by atoms with Gasteiger partial charge in [-0.15, -0.1) is 0 Å². The molecule has 0 atom stereocenters. The van der Waals surface area contributed by atoms with Gasteiger partial charge in [0, 0.05) is 48.7 Å². The monoisotopic (exact) mass is 870 g/mol. The molecule has 0 aliphatic carbocycles. The van der Waals surface area contributed by atoms with E-state index in [1.807, 2.05) is 36.4 Å². The SMILES string of the molecule is C(=C\c1nc(-c2ccccc2)c(/C=C/c2ccc(N3CCOCCOCCOCCOCC3)cc2)nc1-c1ccccc1)/c1ccc(N2CCOCCOCCOCCOCC2)cc1. The van der Waals surface area contributed by atoms with Crippen molar-refractivity contribution in [1.82, 2.24) is 9.97 Å². The standard InChI is InChI=1S/C52H62N4O8/c1-3-7-45(8-4-1)51-49(21-15-43-11-17-47(18-12-43)55-23-27-57-31-35-61-39-40-62-36-32-58-28-24-55)54-52(46-9-5-2-6-10-46)50(53-51)22-16-44-13-19-48(20-14-44)56-25-29-59-33-37-63-41-42-64-38-34-60-30-26-56/h1-22H,23-42H2/b21-15+,22-16+. The predicted octanol–water partition coefficient (Wildman–Crippen LogP) is 7.92. The quantitative estimate of drug-likeness (QED) is 0.151. The third-order valence-electron chi connectivity index (χ3n) is 10.7. The van der Waals surface area contributed by atoms with Gasteiger partial charge in [0.2, 0.25) is 0 Å². The van der Waals surface area contributed by atoms with Crippen molar-refractivity contribution >= 4 is 35.7 Å². The molecule has 0 saturated carbocycles. The molecule has 64 heavy (non-hydrogen) atoms. The normalized spacial score (nSPS) is 17.9. The molecule has 2 aliphatic rings. The van der Waals surface area contributed by atoms with E-state index in [9.17, 15) is 0 Å². The first-order chi connectivity index (χ1) is 31.8.